The lowest BCUT2D eigenvalue weighted by Crippen LogP contribution is -2.36. The topological polar surface area (TPSA) is 138 Å². The van der Waals surface area contributed by atoms with Crippen molar-refractivity contribution in [2.75, 3.05) is 44.5 Å². The molecule has 0 aromatic heterocycles. The monoisotopic (exact) mass is 523 g/mol. The SMILES string of the molecule is COC(=O)Nc1cccc(C(O)(CCNC[C@H](O)COc2ccccc2)c2cccc(NC(=O)OC)c2)c1. The van der Waals surface area contributed by atoms with Crippen LogP contribution in [0.25, 0.3) is 0 Å². The van der Waals surface area contributed by atoms with Crippen LogP contribution in [-0.4, -0.2) is 62.4 Å². The Morgan fingerprint density at radius 3 is 1.92 bits per heavy atom. The molecule has 3 aromatic rings. The van der Waals surface area contributed by atoms with Gasteiger partial charge in [-0.05, 0) is 60.5 Å². The van der Waals surface area contributed by atoms with E-state index in [0.29, 0.717) is 34.8 Å². The van der Waals surface area contributed by atoms with E-state index in [-0.39, 0.29) is 19.6 Å². The summed E-state index contributed by atoms with van der Waals surface area (Å²) in [6.45, 7) is 0.697. The Balaban J connectivity index is 1.74. The van der Waals surface area contributed by atoms with Gasteiger partial charge in [-0.3, -0.25) is 10.6 Å². The molecule has 0 aliphatic heterocycles. The fraction of sp³-hybridized carbons (Fsp3) is 0.286. The quantitative estimate of drug-likeness (QED) is 0.227. The van der Waals surface area contributed by atoms with Crippen molar-refractivity contribution in [3.63, 3.8) is 0 Å². The van der Waals surface area contributed by atoms with Crippen molar-refractivity contribution in [1.82, 2.24) is 5.32 Å². The normalized spacial score (nSPS) is 11.8. The number of ether oxygens (including phenoxy) is 3. The second kappa shape index (κ2) is 14.0. The lowest BCUT2D eigenvalue weighted by atomic mass is 9.83. The molecule has 38 heavy (non-hydrogen) atoms. The predicted molar refractivity (Wildman–Crippen MR) is 143 cm³/mol. The largest absolute Gasteiger partial charge is 0.491 e. The van der Waals surface area contributed by atoms with Gasteiger partial charge in [0.25, 0.3) is 0 Å². The van der Waals surface area contributed by atoms with Crippen LogP contribution >= 0.6 is 0 Å². The predicted octanol–water partition coefficient (Wildman–Crippen LogP) is 3.70. The van der Waals surface area contributed by atoms with Crippen molar-refractivity contribution in [2.24, 2.45) is 0 Å². The van der Waals surface area contributed by atoms with Gasteiger partial charge in [0, 0.05) is 17.9 Å². The fourth-order valence-electron chi connectivity index (χ4n) is 3.81. The van der Waals surface area contributed by atoms with Crippen LogP contribution in [0, 0.1) is 0 Å². The van der Waals surface area contributed by atoms with Gasteiger partial charge >= 0.3 is 12.2 Å². The third kappa shape index (κ3) is 8.20. The summed E-state index contributed by atoms with van der Waals surface area (Å²) < 4.78 is 14.9. The molecule has 5 N–H and O–H groups in total. The highest BCUT2D eigenvalue weighted by molar-refractivity contribution is 5.85. The van der Waals surface area contributed by atoms with Gasteiger partial charge in [-0.15, -0.1) is 0 Å². The number of aliphatic hydroxyl groups is 2. The van der Waals surface area contributed by atoms with Gasteiger partial charge in [0.05, 0.1) is 14.2 Å². The molecule has 0 bridgehead atoms. The number of rotatable bonds is 12. The summed E-state index contributed by atoms with van der Waals surface area (Å²) in [6.07, 6.45) is -1.82. The molecular formula is C28H33N3O7. The van der Waals surface area contributed by atoms with Crippen LogP contribution in [0.1, 0.15) is 17.5 Å². The summed E-state index contributed by atoms with van der Waals surface area (Å²) in [5.74, 6) is 0.668. The standard InChI is InChI=1S/C28H33N3O7/c1-36-26(33)30-22-10-6-8-20(16-22)28(35,21-9-7-11-23(17-21)31-27(34)37-2)14-15-29-18-24(32)19-38-25-12-4-3-5-13-25/h3-13,16-17,24,29,32,35H,14-15,18-19H2,1-2H3,(H,30,33)(H,31,34)/t24-/m0/s1. The van der Waals surface area contributed by atoms with E-state index in [1.54, 1.807) is 48.5 Å². The molecular weight excluding hydrogens is 490 g/mol. The smallest absolute Gasteiger partial charge is 0.411 e. The van der Waals surface area contributed by atoms with Crippen LogP contribution in [0.2, 0.25) is 0 Å². The molecule has 1 atom stereocenters. The van der Waals surface area contributed by atoms with Gasteiger partial charge in [0.1, 0.15) is 24.1 Å². The Bertz CT molecular complexity index is 1130. The molecule has 0 spiro atoms. The fourth-order valence-corrected chi connectivity index (χ4v) is 3.81. The van der Waals surface area contributed by atoms with E-state index < -0.39 is 23.9 Å². The lowest BCUT2D eigenvalue weighted by Gasteiger charge is -2.30. The van der Waals surface area contributed by atoms with Crippen LogP contribution < -0.4 is 20.7 Å². The molecule has 2 amide bonds. The molecule has 0 heterocycles. The van der Waals surface area contributed by atoms with E-state index in [4.69, 9.17) is 4.74 Å². The Hall–Kier alpha value is -4.12. The van der Waals surface area contributed by atoms with Crippen molar-refractivity contribution in [3.8, 4) is 5.75 Å². The first-order chi connectivity index (χ1) is 18.3. The zero-order valence-electron chi connectivity index (χ0n) is 21.3. The van der Waals surface area contributed by atoms with Gasteiger partial charge in [0.15, 0.2) is 0 Å². The van der Waals surface area contributed by atoms with E-state index in [1.165, 1.54) is 14.2 Å². The first-order valence-corrected chi connectivity index (χ1v) is 12.0. The highest BCUT2D eigenvalue weighted by atomic mass is 16.5. The molecule has 0 aliphatic carbocycles. The summed E-state index contributed by atoms with van der Waals surface area (Å²) in [4.78, 5) is 23.4. The second-order valence-corrected chi connectivity index (χ2v) is 8.49. The Kier molecular flexibility index (Phi) is 10.5. The molecule has 3 aromatic carbocycles. The Labute approximate surface area is 221 Å². The summed E-state index contributed by atoms with van der Waals surface area (Å²) in [5.41, 5.74) is 0.393. The third-order valence-electron chi connectivity index (χ3n) is 5.77. The van der Waals surface area contributed by atoms with Gasteiger partial charge in [-0.1, -0.05) is 42.5 Å². The summed E-state index contributed by atoms with van der Waals surface area (Å²) in [5, 5.41) is 30.7. The summed E-state index contributed by atoms with van der Waals surface area (Å²) >= 11 is 0. The molecule has 0 fully saturated rings. The van der Waals surface area contributed by atoms with Crippen LogP contribution in [0.4, 0.5) is 21.0 Å². The molecule has 3 rings (SSSR count). The minimum Gasteiger partial charge on any atom is -0.491 e. The zero-order chi connectivity index (χ0) is 27.4. The van der Waals surface area contributed by atoms with Gasteiger partial charge in [0.2, 0.25) is 0 Å². The van der Waals surface area contributed by atoms with Gasteiger partial charge in [-0.2, -0.15) is 0 Å². The highest BCUT2D eigenvalue weighted by Gasteiger charge is 2.32. The molecule has 0 radical (unpaired) electrons. The van der Waals surface area contributed by atoms with Crippen molar-refractivity contribution in [3.05, 3.63) is 90.0 Å². The van der Waals surface area contributed by atoms with Crippen LogP contribution in [0.3, 0.4) is 0 Å². The molecule has 0 saturated heterocycles. The third-order valence-corrected chi connectivity index (χ3v) is 5.77. The van der Waals surface area contributed by atoms with E-state index in [1.807, 2.05) is 30.3 Å². The van der Waals surface area contributed by atoms with Crippen LogP contribution in [0.5, 0.6) is 5.75 Å². The number of aliphatic hydroxyl groups excluding tert-OH is 1. The lowest BCUT2D eigenvalue weighted by molar-refractivity contribution is 0.0673. The second-order valence-electron chi connectivity index (χ2n) is 8.49. The number of hydrogen-bond donors (Lipinski definition) is 5. The number of carbonyl (C=O) groups excluding carboxylic acids is 2. The molecule has 10 heteroatoms. The number of hydrogen-bond acceptors (Lipinski definition) is 8. The number of amides is 2. The van der Waals surface area contributed by atoms with Crippen molar-refractivity contribution in [1.29, 1.82) is 0 Å². The van der Waals surface area contributed by atoms with E-state index in [2.05, 4.69) is 25.4 Å². The minimum atomic E-state index is -1.51. The van der Waals surface area contributed by atoms with Gasteiger partial charge in [-0.25, -0.2) is 9.59 Å². The summed E-state index contributed by atoms with van der Waals surface area (Å²) in [7, 11) is 2.53. The zero-order valence-corrected chi connectivity index (χ0v) is 21.3. The first kappa shape index (κ1) is 28.5. The van der Waals surface area contributed by atoms with Crippen LogP contribution in [0.15, 0.2) is 78.9 Å². The number of methoxy groups -OCH3 is 2. The number of benzene rings is 3. The molecule has 0 saturated carbocycles. The van der Waals surface area contributed by atoms with Crippen LogP contribution in [-0.2, 0) is 15.1 Å². The number of anilines is 2. The highest BCUT2D eigenvalue weighted by Crippen LogP contribution is 2.35. The molecule has 0 aliphatic rings. The van der Waals surface area contributed by atoms with E-state index in [0.717, 1.165) is 0 Å². The summed E-state index contributed by atoms with van der Waals surface area (Å²) in [6, 6.07) is 22.8. The number of para-hydroxylation sites is 1. The first-order valence-electron chi connectivity index (χ1n) is 12.0. The number of nitrogens with one attached hydrogen (secondary N) is 3. The van der Waals surface area contributed by atoms with E-state index >= 15 is 0 Å². The van der Waals surface area contributed by atoms with Crippen molar-refractivity contribution >= 4 is 23.6 Å². The average molecular weight is 524 g/mol. The van der Waals surface area contributed by atoms with E-state index in [9.17, 15) is 19.8 Å². The Morgan fingerprint density at radius 1 is 0.842 bits per heavy atom. The van der Waals surface area contributed by atoms with Crippen molar-refractivity contribution < 1.29 is 34.0 Å². The maximum atomic E-state index is 12.0. The maximum absolute atomic E-state index is 12.0. The maximum Gasteiger partial charge on any atom is 0.411 e. The minimum absolute atomic E-state index is 0.115. The average Bonchev–Trinajstić information content (AvgIpc) is 2.94. The van der Waals surface area contributed by atoms with Gasteiger partial charge < -0.3 is 29.7 Å². The van der Waals surface area contributed by atoms with Crippen molar-refractivity contribution in [2.45, 2.75) is 18.1 Å². The molecule has 202 valence electrons. The Morgan fingerprint density at radius 2 is 1.39 bits per heavy atom. The molecule has 0 unspecified atom stereocenters. The molecule has 10 nitrogen and oxygen atoms in total. The number of carbonyl (C=O) groups is 2.